The largest absolute Gasteiger partial charge is 0.312 e. The maximum absolute atomic E-state index is 11.4. The van der Waals surface area contributed by atoms with E-state index in [4.69, 9.17) is 0 Å². The summed E-state index contributed by atoms with van der Waals surface area (Å²) in [4.78, 5) is 17.4. The van der Waals surface area contributed by atoms with Gasteiger partial charge in [0.05, 0.1) is 15.2 Å². The first-order valence-electron chi connectivity index (χ1n) is 4.89. The lowest BCUT2D eigenvalue weighted by molar-refractivity contribution is -0.113. The van der Waals surface area contributed by atoms with E-state index in [0.717, 1.165) is 20.9 Å². The van der Waals surface area contributed by atoms with Crippen molar-refractivity contribution in [1.82, 2.24) is 4.98 Å². The van der Waals surface area contributed by atoms with Gasteiger partial charge in [0.25, 0.3) is 0 Å². The van der Waals surface area contributed by atoms with Crippen LogP contribution >= 0.6 is 11.3 Å². The molecule has 82 valence electrons. The summed E-state index contributed by atoms with van der Waals surface area (Å²) in [5.74, 6) is -0.111. The van der Waals surface area contributed by atoms with Gasteiger partial charge in [-0.15, -0.1) is 11.3 Å². The Hall–Kier alpha value is -1.68. The van der Waals surface area contributed by atoms with E-state index >= 15 is 0 Å². The molecule has 0 spiro atoms. The Morgan fingerprint density at radius 1 is 1.56 bits per heavy atom. The third-order valence-electron chi connectivity index (χ3n) is 2.37. The van der Waals surface area contributed by atoms with Gasteiger partial charge in [-0.2, -0.15) is 0 Å². The second kappa shape index (κ2) is 4.06. The van der Waals surface area contributed by atoms with Gasteiger partial charge < -0.3 is 4.90 Å². The van der Waals surface area contributed by atoms with Crippen molar-refractivity contribution in [2.45, 2.75) is 6.92 Å². The summed E-state index contributed by atoms with van der Waals surface area (Å²) in [7, 11) is 1.74. The summed E-state index contributed by atoms with van der Waals surface area (Å²) < 4.78 is 1.10. The molecule has 0 atom stereocenters. The fourth-order valence-electron chi connectivity index (χ4n) is 1.50. The number of rotatable bonds is 2. The van der Waals surface area contributed by atoms with Crippen LogP contribution in [-0.2, 0) is 4.79 Å². The summed E-state index contributed by atoms with van der Waals surface area (Å²) >= 11 is 1.63. The van der Waals surface area contributed by atoms with E-state index in [2.05, 4.69) is 11.6 Å². The number of benzene rings is 1. The van der Waals surface area contributed by atoms with Gasteiger partial charge in [0.2, 0.25) is 5.91 Å². The molecule has 0 aliphatic rings. The first-order valence-corrected chi connectivity index (χ1v) is 5.71. The van der Waals surface area contributed by atoms with Crippen molar-refractivity contribution >= 4 is 33.1 Å². The highest BCUT2D eigenvalue weighted by Crippen LogP contribution is 2.26. The molecule has 2 aromatic rings. The van der Waals surface area contributed by atoms with E-state index in [1.54, 1.807) is 23.3 Å². The number of nitrogens with zero attached hydrogens (tertiary/aromatic N) is 2. The zero-order valence-corrected chi connectivity index (χ0v) is 10.0. The predicted octanol–water partition coefficient (Wildman–Crippen LogP) is 2.75. The number of carbonyl (C=O) groups excluding carboxylic acids is 1. The highest BCUT2D eigenvalue weighted by molar-refractivity contribution is 7.18. The topological polar surface area (TPSA) is 33.2 Å². The van der Waals surface area contributed by atoms with Crippen molar-refractivity contribution in [2.75, 3.05) is 11.9 Å². The molecule has 0 aliphatic heterocycles. The van der Waals surface area contributed by atoms with Crippen LogP contribution in [0, 0.1) is 6.92 Å². The maximum Gasteiger partial charge on any atom is 0.250 e. The van der Waals surface area contributed by atoms with Crippen molar-refractivity contribution < 1.29 is 4.79 Å². The summed E-state index contributed by atoms with van der Waals surface area (Å²) in [5, 5.41) is 1.03. The number of thiazole rings is 1. The fraction of sp³-hybridized carbons (Fsp3) is 0.167. The highest BCUT2D eigenvalue weighted by atomic mass is 32.1. The third-order valence-corrected chi connectivity index (χ3v) is 3.31. The number of anilines is 1. The normalized spacial score (nSPS) is 10.4. The Morgan fingerprint density at radius 2 is 2.31 bits per heavy atom. The number of fused-ring (bicyclic) bond motifs is 1. The van der Waals surface area contributed by atoms with E-state index in [1.165, 1.54) is 6.08 Å². The van der Waals surface area contributed by atoms with Crippen LogP contribution in [0.4, 0.5) is 5.69 Å². The molecule has 0 saturated carbocycles. The number of hydrogen-bond acceptors (Lipinski definition) is 3. The van der Waals surface area contributed by atoms with Gasteiger partial charge in [0.1, 0.15) is 0 Å². The molecule has 0 radical (unpaired) electrons. The van der Waals surface area contributed by atoms with Gasteiger partial charge in [-0.25, -0.2) is 4.98 Å². The van der Waals surface area contributed by atoms with Crippen molar-refractivity contribution in [1.29, 1.82) is 0 Å². The van der Waals surface area contributed by atoms with Crippen LogP contribution in [0.25, 0.3) is 10.2 Å². The quantitative estimate of drug-likeness (QED) is 0.746. The number of hydrogen-bond donors (Lipinski definition) is 0. The van der Waals surface area contributed by atoms with Crippen LogP contribution in [-0.4, -0.2) is 17.9 Å². The Balaban J connectivity index is 2.45. The van der Waals surface area contributed by atoms with Crippen LogP contribution in [0.3, 0.4) is 0 Å². The number of aryl methyl sites for hydroxylation is 1. The Bertz CT molecular complexity index is 559. The van der Waals surface area contributed by atoms with Crippen molar-refractivity contribution in [2.24, 2.45) is 0 Å². The molecule has 0 fully saturated rings. The van der Waals surface area contributed by atoms with Crippen LogP contribution < -0.4 is 4.90 Å². The molecule has 3 nitrogen and oxygen atoms in total. The Morgan fingerprint density at radius 3 is 3.00 bits per heavy atom. The Labute approximate surface area is 98.0 Å². The molecule has 1 amide bonds. The van der Waals surface area contributed by atoms with E-state index in [-0.39, 0.29) is 5.91 Å². The predicted molar refractivity (Wildman–Crippen MR) is 68.0 cm³/mol. The molecule has 1 aromatic carbocycles. The van der Waals surface area contributed by atoms with E-state index < -0.39 is 0 Å². The number of amides is 1. The zero-order valence-electron chi connectivity index (χ0n) is 9.23. The molecule has 0 unspecified atom stereocenters. The van der Waals surface area contributed by atoms with Crippen LogP contribution in [0.2, 0.25) is 0 Å². The molecule has 16 heavy (non-hydrogen) atoms. The number of carbonyl (C=O) groups is 1. The molecular formula is C12H12N2OS. The second-order valence-electron chi connectivity index (χ2n) is 3.49. The van der Waals surface area contributed by atoms with Gasteiger partial charge in [-0.05, 0) is 31.2 Å². The minimum Gasteiger partial charge on any atom is -0.312 e. The van der Waals surface area contributed by atoms with Gasteiger partial charge in [0, 0.05) is 12.7 Å². The first kappa shape index (κ1) is 10.8. The second-order valence-corrected chi connectivity index (χ2v) is 4.72. The molecular weight excluding hydrogens is 220 g/mol. The summed E-state index contributed by atoms with van der Waals surface area (Å²) in [6, 6.07) is 5.80. The van der Waals surface area contributed by atoms with Gasteiger partial charge in [0.15, 0.2) is 0 Å². The first-order chi connectivity index (χ1) is 7.61. The average molecular weight is 232 g/mol. The number of aromatic nitrogens is 1. The molecule has 0 aliphatic carbocycles. The lowest BCUT2D eigenvalue weighted by Gasteiger charge is -2.14. The van der Waals surface area contributed by atoms with Crippen molar-refractivity contribution in [3.8, 4) is 0 Å². The molecule has 1 heterocycles. The summed E-state index contributed by atoms with van der Waals surface area (Å²) in [5.41, 5.74) is 1.84. The minimum absolute atomic E-state index is 0.111. The monoisotopic (exact) mass is 232 g/mol. The third kappa shape index (κ3) is 1.84. The molecule has 0 N–H and O–H groups in total. The summed E-state index contributed by atoms with van der Waals surface area (Å²) in [6.45, 7) is 5.45. The molecule has 0 saturated heterocycles. The van der Waals surface area contributed by atoms with Gasteiger partial charge >= 0.3 is 0 Å². The van der Waals surface area contributed by atoms with Gasteiger partial charge in [-0.3, -0.25) is 4.79 Å². The van der Waals surface area contributed by atoms with Crippen LogP contribution in [0.5, 0.6) is 0 Å². The average Bonchev–Trinajstić information content (AvgIpc) is 2.65. The summed E-state index contributed by atoms with van der Waals surface area (Å²) in [6.07, 6.45) is 1.31. The zero-order chi connectivity index (χ0) is 11.7. The van der Waals surface area contributed by atoms with Crippen molar-refractivity contribution in [3.05, 3.63) is 35.9 Å². The van der Waals surface area contributed by atoms with Crippen molar-refractivity contribution in [3.63, 3.8) is 0 Å². The van der Waals surface area contributed by atoms with E-state index in [0.29, 0.717) is 0 Å². The highest BCUT2D eigenvalue weighted by Gasteiger charge is 2.08. The molecule has 4 heteroatoms. The molecule has 1 aromatic heterocycles. The smallest absolute Gasteiger partial charge is 0.250 e. The van der Waals surface area contributed by atoms with Crippen LogP contribution in [0.1, 0.15) is 5.01 Å². The number of likely N-dealkylation sites (N-methyl/N-ethyl adjacent to an activating group) is 1. The van der Waals surface area contributed by atoms with E-state index in [1.807, 2.05) is 25.1 Å². The lowest BCUT2D eigenvalue weighted by atomic mass is 10.2. The van der Waals surface area contributed by atoms with Crippen LogP contribution in [0.15, 0.2) is 30.9 Å². The lowest BCUT2D eigenvalue weighted by Crippen LogP contribution is -2.23. The minimum atomic E-state index is -0.111. The molecule has 0 bridgehead atoms. The maximum atomic E-state index is 11.4. The van der Waals surface area contributed by atoms with Gasteiger partial charge in [-0.1, -0.05) is 6.58 Å². The standard InChI is InChI=1S/C12H12N2OS/c1-4-12(15)14(3)9-5-6-10-11(7-9)16-8(2)13-10/h4-7H,1H2,2-3H3. The Kier molecular flexibility index (Phi) is 2.75. The fourth-order valence-corrected chi connectivity index (χ4v) is 2.36. The SMILES string of the molecule is C=CC(=O)N(C)c1ccc2nc(C)sc2c1. The van der Waals surface area contributed by atoms with E-state index in [9.17, 15) is 4.79 Å². The molecule has 2 rings (SSSR count).